The van der Waals surface area contributed by atoms with Crippen molar-refractivity contribution in [1.82, 2.24) is 5.32 Å². The van der Waals surface area contributed by atoms with Gasteiger partial charge in [-0.25, -0.2) is 0 Å². The Bertz CT molecular complexity index is 873. The van der Waals surface area contributed by atoms with E-state index in [1.807, 2.05) is 42.5 Å². The predicted octanol–water partition coefficient (Wildman–Crippen LogP) is 4.60. The Balaban J connectivity index is 1.68. The molecule has 0 aromatic heterocycles. The molecule has 1 fully saturated rings. The molecule has 6 heteroatoms. The summed E-state index contributed by atoms with van der Waals surface area (Å²) in [5, 5.41) is 3.70. The van der Waals surface area contributed by atoms with Crippen LogP contribution in [0.25, 0.3) is 0 Å². The minimum atomic E-state index is -0.352. The van der Waals surface area contributed by atoms with Crippen molar-refractivity contribution in [2.45, 2.75) is 24.5 Å². The summed E-state index contributed by atoms with van der Waals surface area (Å²) in [5.74, 6) is 1.19. The summed E-state index contributed by atoms with van der Waals surface area (Å²) < 4.78 is 6.73. The van der Waals surface area contributed by atoms with Gasteiger partial charge in [0.05, 0.1) is 11.6 Å². The zero-order valence-electron chi connectivity index (χ0n) is 15.0. The van der Waals surface area contributed by atoms with Gasteiger partial charge in [0.15, 0.2) is 5.17 Å². The summed E-state index contributed by atoms with van der Waals surface area (Å²) in [7, 11) is 1.77. The second kappa shape index (κ2) is 7.78. The number of amides is 1. The van der Waals surface area contributed by atoms with E-state index in [2.05, 4.69) is 33.4 Å². The molecule has 2 aromatic rings. The van der Waals surface area contributed by atoms with E-state index in [1.165, 1.54) is 5.56 Å². The molecular formula is C21H21BrN2O2S. The summed E-state index contributed by atoms with van der Waals surface area (Å²) in [6.07, 6.45) is 2.00. The summed E-state index contributed by atoms with van der Waals surface area (Å²) in [6.45, 7) is 0. The highest BCUT2D eigenvalue weighted by Crippen LogP contribution is 2.52. The largest absolute Gasteiger partial charge is 0.381 e. The molecule has 1 N–H and O–H groups in total. The Morgan fingerprint density at radius 2 is 2.07 bits per heavy atom. The van der Waals surface area contributed by atoms with Crippen LogP contribution in [0.3, 0.4) is 0 Å². The summed E-state index contributed by atoms with van der Waals surface area (Å²) in [4.78, 5) is 17.7. The molecule has 0 saturated heterocycles. The second-order valence-corrected chi connectivity index (χ2v) is 8.90. The van der Waals surface area contributed by atoms with Gasteiger partial charge in [-0.2, -0.15) is 0 Å². The fourth-order valence-corrected chi connectivity index (χ4v) is 5.59. The Morgan fingerprint density at radius 3 is 2.81 bits per heavy atom. The molecule has 1 aliphatic carbocycles. The van der Waals surface area contributed by atoms with Crippen molar-refractivity contribution in [2.24, 2.45) is 10.9 Å². The Kier molecular flexibility index (Phi) is 5.39. The number of nitrogens with zero attached hydrogens (tertiary/aromatic N) is 1. The molecule has 1 amide bonds. The van der Waals surface area contributed by atoms with Crippen LogP contribution in [0, 0.1) is 5.92 Å². The number of hydrogen-bond donors (Lipinski definition) is 1. The zero-order chi connectivity index (χ0) is 18.9. The molecule has 2 aromatic carbocycles. The van der Waals surface area contributed by atoms with Crippen molar-refractivity contribution in [2.75, 3.05) is 12.9 Å². The first-order valence-electron chi connectivity index (χ1n) is 8.98. The lowest BCUT2D eigenvalue weighted by Gasteiger charge is -2.36. The van der Waals surface area contributed by atoms with E-state index >= 15 is 0 Å². The van der Waals surface area contributed by atoms with Gasteiger partial charge in [-0.3, -0.25) is 9.79 Å². The topological polar surface area (TPSA) is 50.7 Å². The number of nitrogens with one attached hydrogen (secondary N) is 1. The number of benzene rings is 2. The Labute approximate surface area is 171 Å². The quantitative estimate of drug-likeness (QED) is 0.751. The number of ether oxygens (including phenoxy) is 1. The summed E-state index contributed by atoms with van der Waals surface area (Å²) in [6, 6.07) is 17.6. The first-order chi connectivity index (χ1) is 13.1. The Morgan fingerprint density at radius 1 is 1.26 bits per heavy atom. The third-order valence-electron chi connectivity index (χ3n) is 5.40. The highest BCUT2D eigenvalue weighted by molar-refractivity contribution is 9.10. The van der Waals surface area contributed by atoms with Crippen LogP contribution in [0.15, 0.2) is 64.1 Å². The van der Waals surface area contributed by atoms with Crippen LogP contribution in [-0.4, -0.2) is 30.0 Å². The average molecular weight is 445 g/mol. The normalized spacial score (nSPS) is 27.0. The van der Waals surface area contributed by atoms with Gasteiger partial charge in [0.2, 0.25) is 0 Å². The lowest BCUT2D eigenvalue weighted by molar-refractivity contribution is 0.0977. The van der Waals surface area contributed by atoms with Crippen molar-refractivity contribution >= 4 is 38.8 Å². The monoisotopic (exact) mass is 444 g/mol. The maximum Gasteiger partial charge on any atom is 0.257 e. The first-order valence-corrected chi connectivity index (χ1v) is 10.8. The molecule has 2 aliphatic rings. The van der Waals surface area contributed by atoms with Crippen LogP contribution < -0.4 is 5.32 Å². The summed E-state index contributed by atoms with van der Waals surface area (Å²) >= 11 is 5.21. The third kappa shape index (κ3) is 3.71. The minimum Gasteiger partial charge on any atom is -0.381 e. The summed E-state index contributed by atoms with van der Waals surface area (Å²) in [5.41, 5.74) is 1.46. The highest BCUT2D eigenvalue weighted by Gasteiger charge is 2.51. The average Bonchev–Trinajstić information content (AvgIpc) is 3.08. The standard InChI is InChI=1S/C21H21BrN2O2S/c1-26-18-11-16-13-27-20(23-19(25)14-6-3-2-4-7-14)24-21(16,12-18)15-8-5-9-17(22)10-15/h2-10,16,18H,11-13H2,1H3,(H,23,24,25). The fraction of sp³-hybridized carbons (Fsp3) is 0.333. The van der Waals surface area contributed by atoms with Gasteiger partial charge in [0.25, 0.3) is 5.91 Å². The van der Waals surface area contributed by atoms with Gasteiger partial charge in [-0.15, -0.1) is 0 Å². The molecule has 27 heavy (non-hydrogen) atoms. The molecule has 3 atom stereocenters. The van der Waals surface area contributed by atoms with E-state index in [1.54, 1.807) is 18.9 Å². The molecule has 0 radical (unpaired) electrons. The maximum absolute atomic E-state index is 12.6. The van der Waals surface area contributed by atoms with Gasteiger partial charge >= 0.3 is 0 Å². The fourth-order valence-electron chi connectivity index (χ4n) is 4.02. The van der Waals surface area contributed by atoms with Crippen molar-refractivity contribution < 1.29 is 9.53 Å². The molecule has 1 saturated carbocycles. The molecule has 4 rings (SSSR count). The number of rotatable bonds is 3. The molecule has 140 valence electrons. The predicted molar refractivity (Wildman–Crippen MR) is 113 cm³/mol. The zero-order valence-corrected chi connectivity index (χ0v) is 17.4. The lowest BCUT2D eigenvalue weighted by Crippen LogP contribution is -2.40. The number of aliphatic imine (C=N–C) groups is 1. The number of halogens is 1. The molecule has 3 unspecified atom stereocenters. The van der Waals surface area contributed by atoms with Gasteiger partial charge < -0.3 is 10.1 Å². The van der Waals surface area contributed by atoms with E-state index in [-0.39, 0.29) is 17.6 Å². The van der Waals surface area contributed by atoms with E-state index in [9.17, 15) is 4.79 Å². The van der Waals surface area contributed by atoms with Crippen molar-refractivity contribution in [3.05, 3.63) is 70.2 Å². The lowest BCUT2D eigenvalue weighted by atomic mass is 9.82. The number of carbonyl (C=O) groups is 1. The van der Waals surface area contributed by atoms with Crippen LogP contribution in [0.4, 0.5) is 0 Å². The van der Waals surface area contributed by atoms with Crippen LogP contribution in [0.1, 0.15) is 28.8 Å². The van der Waals surface area contributed by atoms with Gasteiger partial charge in [0.1, 0.15) is 0 Å². The van der Waals surface area contributed by atoms with Crippen molar-refractivity contribution in [3.8, 4) is 0 Å². The number of amidine groups is 1. The molecule has 1 heterocycles. The van der Waals surface area contributed by atoms with Crippen molar-refractivity contribution in [1.29, 1.82) is 0 Å². The molecule has 1 aliphatic heterocycles. The highest BCUT2D eigenvalue weighted by atomic mass is 79.9. The van der Waals surface area contributed by atoms with Crippen LogP contribution in [-0.2, 0) is 10.3 Å². The van der Waals surface area contributed by atoms with E-state index in [0.29, 0.717) is 16.6 Å². The van der Waals surface area contributed by atoms with Crippen LogP contribution in [0.2, 0.25) is 0 Å². The molecule has 0 bridgehead atoms. The Hall–Kier alpha value is -1.63. The SMILES string of the molecule is COC1CC2CSC(NC(=O)c3ccccc3)=NC2(c2cccc(Br)c2)C1. The smallest absolute Gasteiger partial charge is 0.257 e. The number of methoxy groups -OCH3 is 1. The number of fused-ring (bicyclic) bond motifs is 1. The van der Waals surface area contributed by atoms with E-state index in [4.69, 9.17) is 9.73 Å². The first kappa shape index (κ1) is 18.7. The van der Waals surface area contributed by atoms with Crippen LogP contribution >= 0.6 is 27.7 Å². The minimum absolute atomic E-state index is 0.119. The van der Waals surface area contributed by atoms with Gasteiger partial charge in [0, 0.05) is 35.2 Å². The second-order valence-electron chi connectivity index (χ2n) is 6.98. The third-order valence-corrected chi connectivity index (χ3v) is 6.93. The van der Waals surface area contributed by atoms with E-state index in [0.717, 1.165) is 23.1 Å². The number of thioether (sulfide) groups is 1. The molecular weight excluding hydrogens is 424 g/mol. The van der Waals surface area contributed by atoms with E-state index < -0.39 is 0 Å². The molecule has 4 nitrogen and oxygen atoms in total. The number of hydrogen-bond acceptors (Lipinski definition) is 4. The van der Waals surface area contributed by atoms with Crippen molar-refractivity contribution in [3.63, 3.8) is 0 Å². The number of carbonyl (C=O) groups excluding carboxylic acids is 1. The maximum atomic E-state index is 12.6. The molecule has 0 spiro atoms. The van der Waals surface area contributed by atoms with Gasteiger partial charge in [-0.1, -0.05) is 58.0 Å². The van der Waals surface area contributed by atoms with Gasteiger partial charge in [-0.05, 0) is 36.2 Å². The van der Waals surface area contributed by atoms with Crippen LogP contribution in [0.5, 0.6) is 0 Å².